The zero-order valence-electron chi connectivity index (χ0n) is 18.2. The number of methoxy groups -OCH3 is 2. The van der Waals surface area contributed by atoms with Crippen LogP contribution in [0.3, 0.4) is 0 Å². The summed E-state index contributed by atoms with van der Waals surface area (Å²) >= 11 is 0. The fourth-order valence-corrected chi connectivity index (χ4v) is 3.92. The van der Waals surface area contributed by atoms with E-state index in [2.05, 4.69) is 0 Å². The number of ether oxygens (including phenoxy) is 3. The lowest BCUT2D eigenvalue weighted by Gasteiger charge is -2.49. The van der Waals surface area contributed by atoms with E-state index in [0.29, 0.717) is 0 Å². The second-order valence-electron chi connectivity index (χ2n) is 7.72. The summed E-state index contributed by atoms with van der Waals surface area (Å²) in [6.45, 7) is 0.824. The molecular formula is C26H30O5. The Morgan fingerprint density at radius 2 is 0.935 bits per heavy atom. The van der Waals surface area contributed by atoms with Crippen molar-refractivity contribution in [2.45, 2.75) is 18.5 Å². The average Bonchev–Trinajstić information content (AvgIpc) is 2.86. The maximum atomic E-state index is 10.2. The van der Waals surface area contributed by atoms with Crippen molar-refractivity contribution in [2.75, 3.05) is 27.4 Å². The quantitative estimate of drug-likeness (QED) is 0.383. The molecule has 3 aromatic rings. The van der Waals surface area contributed by atoms with Gasteiger partial charge < -0.3 is 24.4 Å². The molecule has 0 aromatic heterocycles. The first-order valence-corrected chi connectivity index (χ1v) is 10.2. The second-order valence-corrected chi connectivity index (χ2v) is 7.72. The van der Waals surface area contributed by atoms with Crippen LogP contribution in [0.1, 0.15) is 23.6 Å². The van der Waals surface area contributed by atoms with Crippen LogP contribution < -0.4 is 0 Å². The Labute approximate surface area is 183 Å². The molecule has 5 heteroatoms. The van der Waals surface area contributed by atoms with Gasteiger partial charge in [-0.15, -0.1) is 0 Å². The Morgan fingerprint density at radius 1 is 0.613 bits per heavy atom. The van der Waals surface area contributed by atoms with Gasteiger partial charge in [0.15, 0.2) is 0 Å². The molecule has 0 aliphatic rings. The molecule has 3 aromatic carbocycles. The minimum atomic E-state index is -1.77. The Balaban J connectivity index is 2.37. The molecule has 0 unspecified atom stereocenters. The van der Waals surface area contributed by atoms with Crippen molar-refractivity contribution in [2.24, 2.45) is 5.41 Å². The van der Waals surface area contributed by atoms with E-state index in [1.165, 1.54) is 14.2 Å². The summed E-state index contributed by atoms with van der Waals surface area (Å²) in [5, 5.41) is 20.4. The normalized spacial score (nSPS) is 12.7. The predicted molar refractivity (Wildman–Crippen MR) is 119 cm³/mol. The van der Waals surface area contributed by atoms with Gasteiger partial charge in [-0.25, -0.2) is 0 Å². The lowest BCUT2D eigenvalue weighted by Crippen LogP contribution is -2.59. The van der Waals surface area contributed by atoms with Crippen LogP contribution in [0.4, 0.5) is 0 Å². The molecule has 0 saturated heterocycles. The van der Waals surface area contributed by atoms with Crippen LogP contribution in [0.25, 0.3) is 0 Å². The van der Waals surface area contributed by atoms with Gasteiger partial charge in [0.05, 0.1) is 18.6 Å². The molecule has 0 heterocycles. The van der Waals surface area contributed by atoms with Crippen LogP contribution in [-0.4, -0.2) is 43.6 Å². The van der Waals surface area contributed by atoms with E-state index in [0.717, 1.165) is 16.7 Å². The molecule has 2 N–H and O–H groups in total. The van der Waals surface area contributed by atoms with Gasteiger partial charge in [0.2, 0.25) is 0 Å². The largest absolute Gasteiger partial charge is 0.395 e. The maximum Gasteiger partial charge on any atom is 0.294 e. The van der Waals surface area contributed by atoms with Crippen molar-refractivity contribution in [3.05, 3.63) is 108 Å². The zero-order valence-corrected chi connectivity index (χ0v) is 18.2. The lowest BCUT2D eigenvalue weighted by atomic mass is 9.79. The summed E-state index contributed by atoms with van der Waals surface area (Å²) in [7, 11) is 2.89. The maximum absolute atomic E-state index is 10.2. The first-order chi connectivity index (χ1) is 15.0. The van der Waals surface area contributed by atoms with Crippen molar-refractivity contribution in [1.29, 1.82) is 0 Å². The smallest absolute Gasteiger partial charge is 0.294 e. The molecule has 3 rings (SSSR count). The van der Waals surface area contributed by atoms with E-state index in [4.69, 9.17) is 14.2 Å². The van der Waals surface area contributed by atoms with Crippen molar-refractivity contribution in [3.63, 3.8) is 0 Å². The second kappa shape index (κ2) is 9.73. The van der Waals surface area contributed by atoms with Gasteiger partial charge >= 0.3 is 0 Å². The Hall–Kier alpha value is -2.54. The molecular weight excluding hydrogens is 392 g/mol. The van der Waals surface area contributed by atoms with Gasteiger partial charge in [-0.1, -0.05) is 91.0 Å². The first-order valence-electron chi connectivity index (χ1n) is 10.2. The molecule has 5 nitrogen and oxygen atoms in total. The summed E-state index contributed by atoms with van der Waals surface area (Å²) in [6.07, 6.45) is 0. The molecule has 164 valence electrons. The van der Waals surface area contributed by atoms with Crippen LogP contribution >= 0.6 is 0 Å². The Morgan fingerprint density at radius 3 is 1.19 bits per heavy atom. The number of aliphatic hydroxyl groups is 2. The molecule has 0 amide bonds. The molecule has 0 atom stereocenters. The van der Waals surface area contributed by atoms with E-state index in [-0.39, 0.29) is 0 Å². The molecule has 0 fully saturated rings. The van der Waals surface area contributed by atoms with Gasteiger partial charge in [0.1, 0.15) is 5.60 Å². The van der Waals surface area contributed by atoms with Gasteiger partial charge in [0.25, 0.3) is 5.97 Å². The van der Waals surface area contributed by atoms with Crippen LogP contribution in [0.5, 0.6) is 0 Å². The summed E-state index contributed by atoms with van der Waals surface area (Å²) < 4.78 is 18.4. The van der Waals surface area contributed by atoms with Gasteiger partial charge in [-0.2, -0.15) is 0 Å². The highest BCUT2D eigenvalue weighted by Gasteiger charge is 2.56. The van der Waals surface area contributed by atoms with E-state index in [1.807, 2.05) is 91.0 Å². The van der Waals surface area contributed by atoms with Crippen molar-refractivity contribution >= 4 is 0 Å². The average molecular weight is 423 g/mol. The number of hydrogen-bond acceptors (Lipinski definition) is 5. The summed E-state index contributed by atoms with van der Waals surface area (Å²) in [5.74, 6) is -1.77. The first kappa shape index (κ1) is 23.1. The van der Waals surface area contributed by atoms with Crippen LogP contribution in [-0.2, 0) is 19.8 Å². The summed E-state index contributed by atoms with van der Waals surface area (Å²) in [5.41, 5.74) is 0.138. The van der Waals surface area contributed by atoms with E-state index < -0.39 is 30.2 Å². The van der Waals surface area contributed by atoms with Gasteiger partial charge in [-0.3, -0.25) is 0 Å². The minimum absolute atomic E-state index is 0.417. The zero-order chi connectivity index (χ0) is 22.4. The van der Waals surface area contributed by atoms with Crippen LogP contribution in [0.2, 0.25) is 0 Å². The van der Waals surface area contributed by atoms with Gasteiger partial charge in [0, 0.05) is 14.2 Å². The highest BCUT2D eigenvalue weighted by Crippen LogP contribution is 2.48. The highest BCUT2D eigenvalue weighted by molar-refractivity contribution is 5.47. The SMILES string of the molecule is COC(OC)(OC(c1ccccc1)(c1ccccc1)c1ccccc1)C(C)(CO)CO. The predicted octanol–water partition coefficient (Wildman–Crippen LogP) is 3.93. The van der Waals surface area contributed by atoms with Crippen molar-refractivity contribution in [1.82, 2.24) is 0 Å². The fraction of sp³-hybridized carbons (Fsp3) is 0.308. The summed E-state index contributed by atoms with van der Waals surface area (Å²) in [6, 6.07) is 29.3. The minimum Gasteiger partial charge on any atom is -0.395 e. The van der Waals surface area contributed by atoms with E-state index >= 15 is 0 Å². The standard InChI is InChI=1S/C26H30O5/c1-24(19-27,20-28)26(29-2,30-3)31-25(21-13-7-4-8-14-21,22-15-9-5-10-16-22)23-17-11-6-12-18-23/h4-18,27-28H,19-20H2,1-3H3. The summed E-state index contributed by atoms with van der Waals surface area (Å²) in [4.78, 5) is 0. The van der Waals surface area contributed by atoms with Crippen molar-refractivity contribution in [3.8, 4) is 0 Å². The van der Waals surface area contributed by atoms with Crippen LogP contribution in [0.15, 0.2) is 91.0 Å². The number of benzene rings is 3. The molecule has 0 spiro atoms. The fourth-order valence-electron chi connectivity index (χ4n) is 3.92. The number of hydrogen-bond donors (Lipinski definition) is 2. The molecule has 0 aliphatic carbocycles. The highest BCUT2D eigenvalue weighted by atomic mass is 16.9. The lowest BCUT2D eigenvalue weighted by molar-refractivity contribution is -0.440. The van der Waals surface area contributed by atoms with E-state index in [1.54, 1.807) is 6.92 Å². The Bertz CT molecular complexity index is 823. The molecule has 0 bridgehead atoms. The van der Waals surface area contributed by atoms with Crippen LogP contribution in [0, 0.1) is 5.41 Å². The molecule has 31 heavy (non-hydrogen) atoms. The number of aliphatic hydroxyl groups excluding tert-OH is 2. The molecule has 0 aliphatic heterocycles. The Kier molecular flexibility index (Phi) is 7.26. The topological polar surface area (TPSA) is 68.2 Å². The van der Waals surface area contributed by atoms with Gasteiger partial charge in [-0.05, 0) is 23.6 Å². The number of rotatable bonds is 10. The van der Waals surface area contributed by atoms with Crippen molar-refractivity contribution < 1.29 is 24.4 Å². The molecule has 0 saturated carbocycles. The molecule has 0 radical (unpaired) electrons. The third-order valence-corrected chi connectivity index (χ3v) is 5.80. The third kappa shape index (κ3) is 4.03. The van der Waals surface area contributed by atoms with E-state index in [9.17, 15) is 10.2 Å². The third-order valence-electron chi connectivity index (χ3n) is 5.80. The monoisotopic (exact) mass is 422 g/mol.